The molecule has 0 radical (unpaired) electrons. The monoisotopic (exact) mass is 369 g/mol. The molecular formula is C16H14BrClFNO. The number of benzene rings is 2. The van der Waals surface area contributed by atoms with Crippen molar-refractivity contribution in [3.05, 3.63) is 69.9 Å². The van der Waals surface area contributed by atoms with Crippen molar-refractivity contribution in [1.82, 2.24) is 5.32 Å². The van der Waals surface area contributed by atoms with E-state index in [1.807, 2.05) is 37.3 Å². The van der Waals surface area contributed by atoms with Crippen LogP contribution in [0.3, 0.4) is 0 Å². The normalized spacial score (nSPS) is 13.5. The molecule has 0 heterocycles. The molecule has 2 rings (SSSR count). The highest BCUT2D eigenvalue weighted by Crippen LogP contribution is 2.23. The van der Waals surface area contributed by atoms with Gasteiger partial charge in [-0.15, -0.1) is 11.6 Å². The molecule has 1 unspecified atom stereocenters. The van der Waals surface area contributed by atoms with Crippen molar-refractivity contribution in [2.24, 2.45) is 0 Å². The van der Waals surface area contributed by atoms with Crippen LogP contribution in [0.1, 0.15) is 22.8 Å². The number of carbonyl (C=O) groups excluding carboxylic acids is 1. The number of hydrogen-bond donors (Lipinski definition) is 1. The standard InChI is InChI=1S/C16H14BrClFNO/c1-16(10-18,12-5-3-2-4-6-12)20-15(21)11-7-13(17)9-14(19)8-11/h2-9H,10H2,1H3,(H,20,21). The molecule has 110 valence electrons. The fraction of sp³-hybridized carbons (Fsp3) is 0.188. The molecule has 0 aliphatic heterocycles. The molecule has 2 nitrogen and oxygen atoms in total. The molecule has 0 saturated heterocycles. The highest BCUT2D eigenvalue weighted by atomic mass is 79.9. The Bertz CT molecular complexity index is 630. The van der Waals surface area contributed by atoms with Gasteiger partial charge in [0.15, 0.2) is 0 Å². The Hall–Kier alpha value is -1.39. The van der Waals surface area contributed by atoms with Crippen LogP contribution < -0.4 is 5.32 Å². The highest BCUT2D eigenvalue weighted by Gasteiger charge is 2.28. The zero-order valence-electron chi connectivity index (χ0n) is 11.4. The van der Waals surface area contributed by atoms with Crippen molar-refractivity contribution in [1.29, 1.82) is 0 Å². The van der Waals surface area contributed by atoms with Gasteiger partial charge in [0.1, 0.15) is 5.82 Å². The lowest BCUT2D eigenvalue weighted by Gasteiger charge is -2.29. The minimum atomic E-state index is -0.724. The third-order valence-corrected chi connectivity index (χ3v) is 4.18. The maximum absolute atomic E-state index is 13.4. The first-order valence-corrected chi connectivity index (χ1v) is 7.67. The SMILES string of the molecule is CC(CCl)(NC(=O)c1cc(F)cc(Br)c1)c1ccccc1. The molecule has 0 spiro atoms. The predicted molar refractivity (Wildman–Crippen MR) is 86.1 cm³/mol. The lowest BCUT2D eigenvalue weighted by molar-refractivity contribution is 0.0912. The van der Waals surface area contributed by atoms with Crippen molar-refractivity contribution in [3.63, 3.8) is 0 Å². The van der Waals surface area contributed by atoms with Crippen LogP contribution >= 0.6 is 27.5 Å². The number of nitrogens with one attached hydrogen (secondary N) is 1. The van der Waals surface area contributed by atoms with Crippen LogP contribution in [0.4, 0.5) is 4.39 Å². The summed E-state index contributed by atoms with van der Waals surface area (Å²) >= 11 is 9.22. The maximum atomic E-state index is 13.4. The van der Waals surface area contributed by atoms with E-state index in [-0.39, 0.29) is 17.4 Å². The van der Waals surface area contributed by atoms with Crippen LogP contribution in [0.25, 0.3) is 0 Å². The summed E-state index contributed by atoms with van der Waals surface area (Å²) < 4.78 is 13.9. The molecule has 0 saturated carbocycles. The van der Waals surface area contributed by atoms with E-state index in [1.54, 1.807) is 6.07 Å². The molecule has 0 aliphatic rings. The van der Waals surface area contributed by atoms with Gasteiger partial charge in [0.25, 0.3) is 5.91 Å². The number of hydrogen-bond acceptors (Lipinski definition) is 1. The third kappa shape index (κ3) is 3.83. The first-order valence-electron chi connectivity index (χ1n) is 6.35. The summed E-state index contributed by atoms with van der Waals surface area (Å²) in [7, 11) is 0. The smallest absolute Gasteiger partial charge is 0.252 e. The zero-order chi connectivity index (χ0) is 15.5. The summed E-state index contributed by atoms with van der Waals surface area (Å²) in [5, 5.41) is 2.87. The first kappa shape index (κ1) is 16.0. The van der Waals surface area contributed by atoms with Crippen LogP contribution in [0.5, 0.6) is 0 Å². The molecule has 0 aromatic heterocycles. The van der Waals surface area contributed by atoms with Gasteiger partial charge in [0, 0.05) is 15.9 Å². The molecule has 2 aromatic carbocycles. The van der Waals surface area contributed by atoms with Crippen molar-refractivity contribution in [3.8, 4) is 0 Å². The maximum Gasteiger partial charge on any atom is 0.252 e. The summed E-state index contributed by atoms with van der Waals surface area (Å²) in [5.74, 6) is -0.636. The third-order valence-electron chi connectivity index (χ3n) is 3.19. The molecule has 0 bridgehead atoms. The van der Waals surface area contributed by atoms with E-state index in [9.17, 15) is 9.18 Å². The Morgan fingerprint density at radius 1 is 1.29 bits per heavy atom. The Morgan fingerprint density at radius 3 is 2.52 bits per heavy atom. The minimum absolute atomic E-state index is 0.208. The lowest BCUT2D eigenvalue weighted by atomic mass is 9.93. The van der Waals surface area contributed by atoms with Crippen molar-refractivity contribution in [2.45, 2.75) is 12.5 Å². The summed E-state index contributed by atoms with van der Waals surface area (Å²) in [5.41, 5.74) is 0.413. The van der Waals surface area contributed by atoms with Gasteiger partial charge in [-0.3, -0.25) is 4.79 Å². The molecule has 5 heteroatoms. The lowest BCUT2D eigenvalue weighted by Crippen LogP contribution is -2.45. The quantitative estimate of drug-likeness (QED) is 0.790. The Kier molecular flexibility index (Phi) is 5.01. The van der Waals surface area contributed by atoms with Gasteiger partial charge in [-0.25, -0.2) is 4.39 Å². The average Bonchev–Trinajstić information content (AvgIpc) is 2.47. The van der Waals surface area contributed by atoms with Gasteiger partial charge >= 0.3 is 0 Å². The van der Waals surface area contributed by atoms with Crippen LogP contribution in [0, 0.1) is 5.82 Å². The second-order valence-corrected chi connectivity index (χ2v) is 6.13. The van der Waals surface area contributed by atoms with Gasteiger partial charge in [-0.05, 0) is 30.7 Å². The Labute approximate surface area is 136 Å². The number of halogens is 3. The van der Waals surface area contributed by atoms with Crippen LogP contribution in [0.2, 0.25) is 0 Å². The fourth-order valence-electron chi connectivity index (χ4n) is 2.00. The van der Waals surface area contributed by atoms with Gasteiger partial charge in [-0.2, -0.15) is 0 Å². The van der Waals surface area contributed by atoms with Gasteiger partial charge in [0.05, 0.1) is 5.54 Å². The predicted octanol–water partition coefficient (Wildman–Crippen LogP) is 4.47. The molecule has 2 aromatic rings. The van der Waals surface area contributed by atoms with E-state index in [4.69, 9.17) is 11.6 Å². The highest BCUT2D eigenvalue weighted by molar-refractivity contribution is 9.10. The summed E-state index contributed by atoms with van der Waals surface area (Å²) in [6.45, 7) is 1.83. The number of carbonyl (C=O) groups is 1. The molecule has 0 fully saturated rings. The van der Waals surface area contributed by atoms with Crippen LogP contribution in [-0.2, 0) is 5.54 Å². The fourth-order valence-corrected chi connectivity index (χ4v) is 2.68. The van der Waals surface area contributed by atoms with E-state index < -0.39 is 11.4 Å². The van der Waals surface area contributed by atoms with Gasteiger partial charge < -0.3 is 5.32 Å². The van der Waals surface area contributed by atoms with E-state index in [2.05, 4.69) is 21.2 Å². The molecule has 21 heavy (non-hydrogen) atoms. The van der Waals surface area contributed by atoms with Crippen LogP contribution in [-0.4, -0.2) is 11.8 Å². The van der Waals surface area contributed by atoms with Gasteiger partial charge in [0.2, 0.25) is 0 Å². The molecular weight excluding hydrogens is 357 g/mol. The Morgan fingerprint density at radius 2 is 1.95 bits per heavy atom. The largest absolute Gasteiger partial charge is 0.342 e. The summed E-state index contributed by atoms with van der Waals surface area (Å²) in [4.78, 5) is 12.3. The van der Waals surface area contributed by atoms with E-state index in [0.717, 1.165) is 5.56 Å². The first-order chi connectivity index (χ1) is 9.94. The number of alkyl halides is 1. The Balaban J connectivity index is 2.28. The van der Waals surface area contributed by atoms with Crippen LogP contribution in [0.15, 0.2) is 53.0 Å². The van der Waals surface area contributed by atoms with Gasteiger partial charge in [-0.1, -0.05) is 46.3 Å². The molecule has 1 amide bonds. The van der Waals surface area contributed by atoms with E-state index in [1.165, 1.54) is 12.1 Å². The minimum Gasteiger partial charge on any atom is -0.342 e. The summed E-state index contributed by atoms with van der Waals surface area (Å²) in [6, 6.07) is 13.5. The zero-order valence-corrected chi connectivity index (χ0v) is 13.7. The second-order valence-electron chi connectivity index (χ2n) is 4.94. The number of rotatable bonds is 4. The average molecular weight is 371 g/mol. The second kappa shape index (κ2) is 6.58. The van der Waals surface area contributed by atoms with E-state index in [0.29, 0.717) is 4.47 Å². The summed E-state index contributed by atoms with van der Waals surface area (Å²) in [6.07, 6.45) is 0. The van der Waals surface area contributed by atoms with Crippen molar-refractivity contribution < 1.29 is 9.18 Å². The topological polar surface area (TPSA) is 29.1 Å². The van der Waals surface area contributed by atoms with Crippen molar-refractivity contribution in [2.75, 3.05) is 5.88 Å². The molecule has 0 aliphatic carbocycles. The van der Waals surface area contributed by atoms with Crippen molar-refractivity contribution >= 4 is 33.4 Å². The van der Waals surface area contributed by atoms with E-state index >= 15 is 0 Å². The molecule has 1 atom stereocenters. The molecule has 1 N–H and O–H groups in total. The number of amides is 1.